The summed E-state index contributed by atoms with van der Waals surface area (Å²) in [4.78, 5) is 23.9. The molecule has 0 radical (unpaired) electrons. The molecule has 1 fully saturated rings. The third kappa shape index (κ3) is 4.59. The van der Waals surface area contributed by atoms with Gasteiger partial charge in [-0.25, -0.2) is 9.37 Å². The second-order valence-corrected chi connectivity index (χ2v) is 8.92. The van der Waals surface area contributed by atoms with Crippen LogP contribution in [0.2, 0.25) is 0 Å². The number of nitrogens with two attached hydrogens (primary N) is 2. The number of anilines is 3. The van der Waals surface area contributed by atoms with Crippen LogP contribution >= 0.6 is 0 Å². The monoisotopic (exact) mass is 474 g/mol. The highest BCUT2D eigenvalue weighted by Crippen LogP contribution is 2.31. The van der Waals surface area contributed by atoms with Gasteiger partial charge in [-0.05, 0) is 38.0 Å². The molecule has 4 aromatic rings. The molecule has 2 aromatic heterocycles. The smallest absolute Gasteiger partial charge is 0.225 e. The predicted octanol–water partition coefficient (Wildman–Crippen LogP) is 3.24. The summed E-state index contributed by atoms with van der Waals surface area (Å²) in [5.41, 5.74) is 14.7. The van der Waals surface area contributed by atoms with Crippen LogP contribution in [0.15, 0.2) is 48.5 Å². The number of carbonyl (C=O) groups excluding carboxylic acids is 1. The number of hydrogen-bond donors (Lipinski definition) is 4. The topological polar surface area (TPSA) is 139 Å². The molecule has 0 saturated carbocycles. The molecule has 6 N–H and O–H groups in total. The number of fused-ring (bicyclic) bond motifs is 1. The zero-order valence-corrected chi connectivity index (χ0v) is 19.3. The Morgan fingerprint density at radius 1 is 1.17 bits per heavy atom. The quantitative estimate of drug-likeness (QED) is 0.348. The number of nitrogen functional groups attached to an aromatic ring is 2. The predicted molar refractivity (Wildman–Crippen MR) is 134 cm³/mol. The van der Waals surface area contributed by atoms with Gasteiger partial charge in [0.25, 0.3) is 0 Å². The van der Waals surface area contributed by atoms with E-state index in [0.29, 0.717) is 29.4 Å². The Morgan fingerprint density at radius 2 is 2.00 bits per heavy atom. The Bertz CT molecular complexity index is 1390. The van der Waals surface area contributed by atoms with E-state index in [4.69, 9.17) is 11.5 Å². The molecule has 180 valence electrons. The molecule has 5 rings (SSSR count). The van der Waals surface area contributed by atoms with Gasteiger partial charge in [0.15, 0.2) is 5.82 Å². The number of nitrogens with one attached hydrogen (secondary N) is 2. The van der Waals surface area contributed by atoms with Gasteiger partial charge in [-0.3, -0.25) is 9.89 Å². The van der Waals surface area contributed by atoms with Gasteiger partial charge in [0.2, 0.25) is 11.9 Å². The van der Waals surface area contributed by atoms with E-state index in [2.05, 4.69) is 37.3 Å². The number of nitrogens with zero attached hydrogens (tertiary/aromatic N) is 4. The van der Waals surface area contributed by atoms with E-state index in [-0.39, 0.29) is 36.2 Å². The first-order chi connectivity index (χ1) is 16.9. The second kappa shape index (κ2) is 9.21. The van der Waals surface area contributed by atoms with Crippen LogP contribution in [0.3, 0.4) is 0 Å². The number of piperidine rings is 1. The van der Waals surface area contributed by atoms with E-state index >= 15 is 0 Å². The van der Waals surface area contributed by atoms with Crippen molar-refractivity contribution in [2.45, 2.75) is 32.4 Å². The highest BCUT2D eigenvalue weighted by molar-refractivity contribution is 5.91. The Hall–Kier alpha value is -4.21. The lowest BCUT2D eigenvalue weighted by molar-refractivity contribution is -0.125. The minimum atomic E-state index is -0.327. The minimum absolute atomic E-state index is 0.102. The molecule has 35 heavy (non-hydrogen) atoms. The third-order valence-electron chi connectivity index (χ3n) is 6.58. The molecule has 1 saturated heterocycles. The maximum Gasteiger partial charge on any atom is 0.225 e. The van der Waals surface area contributed by atoms with Crippen LogP contribution in [0.5, 0.6) is 0 Å². The molecule has 1 amide bonds. The van der Waals surface area contributed by atoms with Gasteiger partial charge in [-0.2, -0.15) is 10.1 Å². The maximum atomic E-state index is 13.9. The minimum Gasteiger partial charge on any atom is -0.382 e. The summed E-state index contributed by atoms with van der Waals surface area (Å²) in [5.74, 6) is 0.579. The lowest BCUT2D eigenvalue weighted by Crippen LogP contribution is -2.47. The number of carbonyl (C=O) groups is 1. The fourth-order valence-electron chi connectivity index (χ4n) is 4.56. The summed E-state index contributed by atoms with van der Waals surface area (Å²) in [5, 5.41) is 10.7. The summed E-state index contributed by atoms with van der Waals surface area (Å²) < 4.78 is 13.9. The van der Waals surface area contributed by atoms with Crippen molar-refractivity contribution in [3.8, 4) is 11.3 Å². The van der Waals surface area contributed by atoms with E-state index in [1.165, 1.54) is 6.07 Å². The number of rotatable bonds is 5. The molecule has 0 spiro atoms. The fraction of sp³-hybridized carbons (Fsp3) is 0.280. The molecule has 0 aliphatic carbocycles. The van der Waals surface area contributed by atoms with Crippen molar-refractivity contribution >= 4 is 34.4 Å². The first kappa shape index (κ1) is 22.6. The Morgan fingerprint density at radius 3 is 2.83 bits per heavy atom. The van der Waals surface area contributed by atoms with E-state index < -0.39 is 0 Å². The summed E-state index contributed by atoms with van der Waals surface area (Å²) in [6.07, 6.45) is 1.56. The molecule has 3 heterocycles. The SMILES string of the molecule is CC1CCC(C(=O)NCc2ccccc2F)CN1c1cc(-c2ccc3c(N)n[nH]c3c2)nc(N)n1. The normalized spacial score (nSPS) is 18.1. The van der Waals surface area contributed by atoms with Gasteiger partial charge in [0.1, 0.15) is 11.6 Å². The van der Waals surface area contributed by atoms with Crippen molar-refractivity contribution in [2.75, 3.05) is 22.9 Å². The van der Waals surface area contributed by atoms with Gasteiger partial charge in [0.05, 0.1) is 17.1 Å². The van der Waals surface area contributed by atoms with E-state index in [1.807, 2.05) is 24.3 Å². The molecule has 9 nitrogen and oxygen atoms in total. The zero-order valence-electron chi connectivity index (χ0n) is 19.3. The number of aromatic nitrogens is 4. The van der Waals surface area contributed by atoms with E-state index in [1.54, 1.807) is 18.2 Å². The fourth-order valence-corrected chi connectivity index (χ4v) is 4.56. The standard InChI is InChI=1S/C25H27FN8O/c1-14-6-7-17(24(35)29-12-16-4-2-3-5-19(16)26)13-34(14)22-11-20(30-25(28)31-22)15-8-9-18-21(10-15)32-33-23(18)27/h2-5,8-11,14,17H,6-7,12-13H2,1H3,(H,29,35)(H3,27,32,33)(H2,28,30,31). The van der Waals surface area contributed by atoms with Gasteiger partial charge < -0.3 is 21.7 Å². The molecule has 2 unspecified atom stereocenters. The number of hydrogen-bond acceptors (Lipinski definition) is 7. The van der Waals surface area contributed by atoms with Crippen LogP contribution in [0, 0.1) is 11.7 Å². The highest BCUT2D eigenvalue weighted by atomic mass is 19.1. The summed E-state index contributed by atoms with van der Waals surface area (Å²) in [7, 11) is 0. The molecule has 1 aliphatic rings. The molecular weight excluding hydrogens is 447 g/mol. The van der Waals surface area contributed by atoms with Crippen LogP contribution in [0.4, 0.5) is 22.0 Å². The number of H-pyrrole nitrogens is 1. The zero-order chi connectivity index (χ0) is 24.5. The molecule has 0 bridgehead atoms. The van der Waals surface area contributed by atoms with Crippen LogP contribution < -0.4 is 21.7 Å². The molecule has 2 aromatic carbocycles. The average molecular weight is 475 g/mol. The number of aromatic amines is 1. The van der Waals surface area contributed by atoms with Gasteiger partial charge in [-0.15, -0.1) is 0 Å². The van der Waals surface area contributed by atoms with Crippen molar-refractivity contribution in [2.24, 2.45) is 5.92 Å². The maximum absolute atomic E-state index is 13.9. The Kier molecular flexibility index (Phi) is 5.94. The number of amides is 1. The second-order valence-electron chi connectivity index (χ2n) is 8.92. The van der Waals surface area contributed by atoms with E-state index in [0.717, 1.165) is 29.3 Å². The molecule has 10 heteroatoms. The summed E-state index contributed by atoms with van der Waals surface area (Å²) in [6, 6.07) is 14.2. The van der Waals surface area contributed by atoms with Crippen LogP contribution in [-0.2, 0) is 11.3 Å². The van der Waals surface area contributed by atoms with E-state index in [9.17, 15) is 9.18 Å². The van der Waals surface area contributed by atoms with Crippen molar-refractivity contribution in [3.05, 3.63) is 59.9 Å². The average Bonchev–Trinajstić information content (AvgIpc) is 3.23. The molecule has 1 aliphatic heterocycles. The van der Waals surface area contributed by atoms with Crippen LogP contribution in [-0.4, -0.2) is 38.7 Å². The Labute approximate surface area is 201 Å². The first-order valence-electron chi connectivity index (χ1n) is 11.6. The Balaban J connectivity index is 1.35. The van der Waals surface area contributed by atoms with Gasteiger partial charge in [-0.1, -0.05) is 24.3 Å². The van der Waals surface area contributed by atoms with Gasteiger partial charge >= 0.3 is 0 Å². The molecule has 2 atom stereocenters. The van der Waals surface area contributed by atoms with Gasteiger partial charge in [0, 0.05) is 41.7 Å². The summed E-state index contributed by atoms with van der Waals surface area (Å²) in [6.45, 7) is 2.74. The van der Waals surface area contributed by atoms with Crippen molar-refractivity contribution in [3.63, 3.8) is 0 Å². The largest absolute Gasteiger partial charge is 0.382 e. The third-order valence-corrected chi connectivity index (χ3v) is 6.58. The number of benzene rings is 2. The lowest BCUT2D eigenvalue weighted by atomic mass is 9.92. The lowest BCUT2D eigenvalue weighted by Gasteiger charge is -2.38. The van der Waals surface area contributed by atoms with Crippen molar-refractivity contribution < 1.29 is 9.18 Å². The molecular formula is C25H27FN8O. The van der Waals surface area contributed by atoms with Crippen molar-refractivity contribution in [1.29, 1.82) is 0 Å². The van der Waals surface area contributed by atoms with Crippen LogP contribution in [0.1, 0.15) is 25.3 Å². The first-order valence-corrected chi connectivity index (χ1v) is 11.6. The highest BCUT2D eigenvalue weighted by Gasteiger charge is 2.31. The van der Waals surface area contributed by atoms with Crippen LogP contribution in [0.25, 0.3) is 22.2 Å². The van der Waals surface area contributed by atoms with Crippen molar-refractivity contribution in [1.82, 2.24) is 25.5 Å². The summed E-state index contributed by atoms with van der Waals surface area (Å²) >= 11 is 0. The number of halogens is 1.